The van der Waals surface area contributed by atoms with Crippen molar-refractivity contribution < 1.29 is 73.8 Å². The molecule has 0 radical (unpaired) electrons. The molecule has 0 bridgehead atoms. The predicted octanol–water partition coefficient (Wildman–Crippen LogP) is 5.60. The van der Waals surface area contributed by atoms with E-state index in [0.29, 0.717) is 12.8 Å². The second-order valence-corrected chi connectivity index (χ2v) is 16.9. The van der Waals surface area contributed by atoms with Gasteiger partial charge in [0.15, 0.2) is 18.7 Å². The fourth-order valence-electron chi connectivity index (χ4n) is 7.38. The lowest BCUT2D eigenvalue weighted by molar-refractivity contribution is -0.332. The van der Waals surface area contributed by atoms with Crippen molar-refractivity contribution in [2.45, 2.75) is 235 Å². The fourth-order valence-corrected chi connectivity index (χ4v) is 7.38. The SMILES string of the molecule is CCCCCC/C=C\CCCCCCCC(=O)OCC(CO[C@@H]1O[C@H](CO[C@H]2O[C@H](CO)[C@H](O)[C@H](O)[C@H]2O)[C@H](O)[C@H](O)[C@H]1O)OC(=O)CCCCCCC/C=C\CCCCCC. The van der Waals surface area contributed by atoms with Gasteiger partial charge in [-0.3, -0.25) is 9.59 Å². The normalized spacial score (nSPS) is 27.2. The van der Waals surface area contributed by atoms with Gasteiger partial charge in [0.05, 0.1) is 19.8 Å². The monoisotopic (exact) mass is 889 g/mol. The molecule has 2 fully saturated rings. The van der Waals surface area contributed by atoms with Crippen molar-refractivity contribution in [1.29, 1.82) is 0 Å². The molecule has 0 aliphatic carbocycles. The number of carbonyl (C=O) groups is 2. The van der Waals surface area contributed by atoms with Crippen molar-refractivity contribution in [2.75, 3.05) is 26.4 Å². The molecule has 0 aromatic carbocycles. The number of ether oxygens (including phenoxy) is 6. The third-order valence-corrected chi connectivity index (χ3v) is 11.4. The smallest absolute Gasteiger partial charge is 0.306 e. The van der Waals surface area contributed by atoms with Gasteiger partial charge in [0, 0.05) is 12.8 Å². The summed E-state index contributed by atoms with van der Waals surface area (Å²) in [5.41, 5.74) is 0. The van der Waals surface area contributed by atoms with Gasteiger partial charge in [0.1, 0.15) is 55.4 Å². The van der Waals surface area contributed by atoms with Crippen LogP contribution in [0.1, 0.15) is 168 Å². The molecular weight excluding hydrogens is 805 g/mol. The summed E-state index contributed by atoms with van der Waals surface area (Å²) in [5, 5.41) is 71.9. The summed E-state index contributed by atoms with van der Waals surface area (Å²) >= 11 is 0. The summed E-state index contributed by atoms with van der Waals surface area (Å²) in [4.78, 5) is 25.6. The first kappa shape index (κ1) is 56.1. The van der Waals surface area contributed by atoms with Crippen molar-refractivity contribution >= 4 is 11.9 Å². The first-order chi connectivity index (χ1) is 30.0. The molecule has 62 heavy (non-hydrogen) atoms. The molecule has 15 nitrogen and oxygen atoms in total. The van der Waals surface area contributed by atoms with Gasteiger partial charge in [-0.1, -0.05) is 115 Å². The second-order valence-electron chi connectivity index (χ2n) is 16.9. The van der Waals surface area contributed by atoms with Crippen molar-refractivity contribution in [3.05, 3.63) is 24.3 Å². The molecule has 2 heterocycles. The van der Waals surface area contributed by atoms with Crippen LogP contribution in [0.25, 0.3) is 0 Å². The van der Waals surface area contributed by atoms with Gasteiger partial charge in [0.25, 0.3) is 0 Å². The summed E-state index contributed by atoms with van der Waals surface area (Å²) in [6, 6.07) is 0. The Morgan fingerprint density at radius 1 is 0.500 bits per heavy atom. The van der Waals surface area contributed by atoms with Crippen LogP contribution in [0.2, 0.25) is 0 Å². The fraction of sp³-hybridized carbons (Fsp3) is 0.872. The van der Waals surface area contributed by atoms with E-state index in [0.717, 1.165) is 77.0 Å². The standard InChI is InChI=1S/C47H84O15/c1-3-5-7-9-11-13-15-17-19-21-23-25-27-29-38(49)57-32-35(60-39(50)30-28-26-24-22-20-18-16-14-12-10-8-6-4-2)33-58-46-45(56)43(54)41(52)37(62-46)34-59-47-44(55)42(53)40(51)36(31-48)61-47/h13-16,35-37,40-48,51-56H,3-12,17-34H2,1-2H3/b15-13-,16-14-/t35?,36-,37-,40+,41+,42+,43+,44-,45-,46-,47+/m1/s1. The minimum absolute atomic E-state index is 0.154. The Balaban J connectivity index is 1.85. The van der Waals surface area contributed by atoms with Crippen LogP contribution in [0.3, 0.4) is 0 Å². The molecule has 0 aromatic heterocycles. The Hall–Kier alpha value is -2.02. The van der Waals surface area contributed by atoms with Crippen molar-refractivity contribution in [1.82, 2.24) is 0 Å². The highest BCUT2D eigenvalue weighted by atomic mass is 16.7. The largest absolute Gasteiger partial charge is 0.462 e. The summed E-state index contributed by atoms with van der Waals surface area (Å²) in [6.07, 6.45) is 16.4. The maximum Gasteiger partial charge on any atom is 0.306 e. The molecule has 0 aromatic rings. The van der Waals surface area contributed by atoms with Gasteiger partial charge in [-0.25, -0.2) is 0 Å². The molecule has 0 spiro atoms. The zero-order chi connectivity index (χ0) is 45.4. The molecule has 0 amide bonds. The van der Waals surface area contributed by atoms with E-state index in [4.69, 9.17) is 28.4 Å². The van der Waals surface area contributed by atoms with Crippen LogP contribution in [0.5, 0.6) is 0 Å². The van der Waals surface area contributed by atoms with Crippen molar-refractivity contribution in [3.8, 4) is 0 Å². The van der Waals surface area contributed by atoms with E-state index < -0.39 is 92.7 Å². The highest BCUT2D eigenvalue weighted by Crippen LogP contribution is 2.26. The van der Waals surface area contributed by atoms with Gasteiger partial charge in [0.2, 0.25) is 0 Å². The number of esters is 2. The first-order valence-corrected chi connectivity index (χ1v) is 23.9. The number of aliphatic hydroxyl groups excluding tert-OH is 7. The third-order valence-electron chi connectivity index (χ3n) is 11.4. The van der Waals surface area contributed by atoms with Crippen LogP contribution in [0, 0.1) is 0 Å². The molecule has 362 valence electrons. The van der Waals surface area contributed by atoms with E-state index in [-0.39, 0.29) is 26.1 Å². The van der Waals surface area contributed by atoms with E-state index in [1.165, 1.54) is 51.4 Å². The first-order valence-electron chi connectivity index (χ1n) is 23.9. The van der Waals surface area contributed by atoms with Crippen LogP contribution >= 0.6 is 0 Å². The molecular formula is C47H84O15. The topological polar surface area (TPSA) is 231 Å². The highest BCUT2D eigenvalue weighted by molar-refractivity contribution is 5.70. The van der Waals surface area contributed by atoms with E-state index >= 15 is 0 Å². The van der Waals surface area contributed by atoms with Gasteiger partial charge >= 0.3 is 11.9 Å². The molecule has 0 saturated carbocycles. The quantitative estimate of drug-likeness (QED) is 0.0231. The molecule has 1 unspecified atom stereocenters. The van der Waals surface area contributed by atoms with E-state index in [9.17, 15) is 45.3 Å². The van der Waals surface area contributed by atoms with Gasteiger partial charge in [-0.15, -0.1) is 0 Å². The van der Waals surface area contributed by atoms with Crippen LogP contribution in [0.15, 0.2) is 24.3 Å². The Kier molecular flexibility index (Phi) is 31.9. The van der Waals surface area contributed by atoms with Crippen LogP contribution in [-0.4, -0.2) is 142 Å². The molecule has 2 saturated heterocycles. The average Bonchev–Trinajstić information content (AvgIpc) is 3.26. The van der Waals surface area contributed by atoms with Gasteiger partial charge < -0.3 is 64.2 Å². The molecule has 2 aliphatic heterocycles. The third kappa shape index (κ3) is 23.8. The Bertz CT molecular complexity index is 1180. The zero-order valence-corrected chi connectivity index (χ0v) is 37.9. The van der Waals surface area contributed by atoms with Gasteiger partial charge in [-0.05, 0) is 64.2 Å². The van der Waals surface area contributed by atoms with Crippen LogP contribution < -0.4 is 0 Å². The van der Waals surface area contributed by atoms with Crippen LogP contribution in [0.4, 0.5) is 0 Å². The van der Waals surface area contributed by atoms with E-state index in [1.54, 1.807) is 0 Å². The minimum Gasteiger partial charge on any atom is -0.462 e. The number of hydrogen-bond donors (Lipinski definition) is 7. The summed E-state index contributed by atoms with van der Waals surface area (Å²) in [7, 11) is 0. The van der Waals surface area contributed by atoms with Crippen molar-refractivity contribution in [3.63, 3.8) is 0 Å². The lowest BCUT2D eigenvalue weighted by atomic mass is 9.98. The number of unbranched alkanes of at least 4 members (excludes halogenated alkanes) is 18. The summed E-state index contributed by atoms with van der Waals surface area (Å²) in [6.45, 7) is 2.53. The lowest BCUT2D eigenvalue weighted by Gasteiger charge is -2.42. The number of aliphatic hydroxyl groups is 7. The highest BCUT2D eigenvalue weighted by Gasteiger charge is 2.47. The molecule has 15 heteroatoms. The van der Waals surface area contributed by atoms with Gasteiger partial charge in [-0.2, -0.15) is 0 Å². The molecule has 11 atom stereocenters. The van der Waals surface area contributed by atoms with Crippen molar-refractivity contribution in [2.24, 2.45) is 0 Å². The maximum atomic E-state index is 12.9. The molecule has 2 rings (SSSR count). The predicted molar refractivity (Wildman–Crippen MR) is 234 cm³/mol. The Labute approximate surface area is 371 Å². The average molecular weight is 889 g/mol. The lowest BCUT2D eigenvalue weighted by Crippen LogP contribution is -2.61. The van der Waals surface area contributed by atoms with E-state index in [1.807, 2.05) is 0 Å². The Morgan fingerprint density at radius 2 is 0.919 bits per heavy atom. The van der Waals surface area contributed by atoms with Crippen LogP contribution in [-0.2, 0) is 38.0 Å². The molecule has 7 N–H and O–H groups in total. The van der Waals surface area contributed by atoms with E-state index in [2.05, 4.69) is 38.2 Å². The summed E-state index contributed by atoms with van der Waals surface area (Å²) in [5.74, 6) is -0.945. The summed E-state index contributed by atoms with van der Waals surface area (Å²) < 4.78 is 33.5. The second kappa shape index (κ2) is 35.3. The minimum atomic E-state index is -1.76. The Morgan fingerprint density at radius 3 is 1.42 bits per heavy atom. The number of carbonyl (C=O) groups excluding carboxylic acids is 2. The number of hydrogen-bond acceptors (Lipinski definition) is 15. The number of rotatable bonds is 36. The zero-order valence-electron chi connectivity index (χ0n) is 37.9. The number of allylic oxidation sites excluding steroid dienone is 4. The molecule has 2 aliphatic rings. The maximum absolute atomic E-state index is 12.9.